The van der Waals surface area contributed by atoms with Crippen LogP contribution in [0.25, 0.3) is 10.8 Å². The molecule has 3 fully saturated rings. The minimum absolute atomic E-state index is 0.321. The first-order valence-corrected chi connectivity index (χ1v) is 14.1. The van der Waals surface area contributed by atoms with Crippen molar-refractivity contribution in [1.82, 2.24) is 0 Å². The summed E-state index contributed by atoms with van der Waals surface area (Å²) in [5.41, 5.74) is 0. The molecule has 0 spiro atoms. The molecule has 0 bridgehead atoms. The van der Waals surface area contributed by atoms with Gasteiger partial charge in [0.25, 0.3) is 0 Å². The Kier molecular flexibility index (Phi) is 10.7. The molecule has 15 atom stereocenters. The van der Waals surface area contributed by atoms with Crippen LogP contribution in [0.5, 0.6) is 5.75 Å². The van der Waals surface area contributed by atoms with E-state index in [1.807, 2.05) is 24.3 Å². The zero-order chi connectivity index (χ0) is 31.7. The second kappa shape index (κ2) is 14.1. The molecular formula is C28H38O16. The summed E-state index contributed by atoms with van der Waals surface area (Å²) in [6.45, 7) is -2.28. The van der Waals surface area contributed by atoms with Crippen LogP contribution in [-0.4, -0.2) is 163 Å². The lowest BCUT2D eigenvalue weighted by Crippen LogP contribution is -2.66. The number of ether oxygens (including phenoxy) is 6. The van der Waals surface area contributed by atoms with Gasteiger partial charge in [0.2, 0.25) is 6.29 Å². The van der Waals surface area contributed by atoms with E-state index in [0.29, 0.717) is 5.75 Å². The molecule has 0 radical (unpaired) electrons. The van der Waals surface area contributed by atoms with Crippen LogP contribution in [0.1, 0.15) is 0 Å². The van der Waals surface area contributed by atoms with Crippen LogP contribution in [-0.2, 0) is 23.7 Å². The normalized spacial score (nSPS) is 43.2. The fourth-order valence-electron chi connectivity index (χ4n) is 5.52. The van der Waals surface area contributed by atoms with Gasteiger partial charge in [0, 0.05) is 0 Å². The van der Waals surface area contributed by atoms with Gasteiger partial charge in [-0.15, -0.1) is 0 Å². The predicted molar refractivity (Wildman–Crippen MR) is 144 cm³/mol. The molecule has 3 saturated heterocycles. The number of benzene rings is 2. The molecule has 2 aromatic carbocycles. The number of rotatable bonds is 9. The highest BCUT2D eigenvalue weighted by molar-refractivity contribution is 5.83. The van der Waals surface area contributed by atoms with Crippen molar-refractivity contribution < 1.29 is 79.5 Å². The van der Waals surface area contributed by atoms with Gasteiger partial charge < -0.3 is 79.5 Å². The molecule has 0 unspecified atom stereocenters. The van der Waals surface area contributed by atoms with Crippen molar-refractivity contribution in [3.05, 3.63) is 42.5 Å². The van der Waals surface area contributed by atoms with Crippen molar-refractivity contribution in [3.8, 4) is 5.75 Å². The Morgan fingerprint density at radius 1 is 0.500 bits per heavy atom. The highest BCUT2D eigenvalue weighted by atomic mass is 16.8. The highest BCUT2D eigenvalue weighted by Crippen LogP contribution is 2.33. The van der Waals surface area contributed by atoms with Crippen LogP contribution >= 0.6 is 0 Å². The summed E-state index contributed by atoms with van der Waals surface area (Å²) in [6, 6.07) is 12.6. The molecule has 3 heterocycles. The maximum Gasteiger partial charge on any atom is 0.229 e. The van der Waals surface area contributed by atoms with Crippen LogP contribution in [0.2, 0.25) is 0 Å². The van der Waals surface area contributed by atoms with Crippen LogP contribution in [0.4, 0.5) is 0 Å². The lowest BCUT2D eigenvalue weighted by Gasteiger charge is -2.48. The van der Waals surface area contributed by atoms with Gasteiger partial charge in [-0.2, -0.15) is 0 Å². The molecule has 0 aliphatic carbocycles. The molecule has 5 rings (SSSR count). The molecule has 0 amide bonds. The number of hydrogen-bond donors (Lipinski definition) is 10. The summed E-state index contributed by atoms with van der Waals surface area (Å²) in [4.78, 5) is 0. The van der Waals surface area contributed by atoms with Gasteiger partial charge in [0.05, 0.1) is 19.8 Å². The van der Waals surface area contributed by atoms with Crippen molar-refractivity contribution in [1.29, 1.82) is 0 Å². The third-order valence-corrected chi connectivity index (χ3v) is 8.05. The standard InChI is InChI=1S/C28H38O16/c29-8-14-17(32)18(33)21(36)27(40-14)43-25-16(10-31)42-28(23(38)20(25)35)44-24-15(9-30)41-26(22(37)19(24)34)39-13-6-5-11-3-1-2-4-12(11)7-13/h1-7,14-38H,8-10H2/t14-,15-,16-,17-,18+,19-,20-,21-,22-,23-,24-,25-,26-,27-,28-/m1/s1. The van der Waals surface area contributed by atoms with Gasteiger partial charge in [0.15, 0.2) is 12.6 Å². The summed E-state index contributed by atoms with van der Waals surface area (Å²) < 4.78 is 33.5. The monoisotopic (exact) mass is 630 g/mol. The number of aliphatic hydroxyl groups is 10. The van der Waals surface area contributed by atoms with Gasteiger partial charge in [-0.3, -0.25) is 0 Å². The van der Waals surface area contributed by atoms with E-state index >= 15 is 0 Å². The van der Waals surface area contributed by atoms with E-state index in [2.05, 4.69) is 0 Å². The second-order valence-corrected chi connectivity index (χ2v) is 10.9. The fourth-order valence-corrected chi connectivity index (χ4v) is 5.52. The molecule has 0 aromatic heterocycles. The second-order valence-electron chi connectivity index (χ2n) is 10.9. The summed E-state index contributed by atoms with van der Waals surface area (Å²) in [5, 5.41) is 105. The van der Waals surface area contributed by atoms with Gasteiger partial charge in [-0.05, 0) is 22.9 Å². The van der Waals surface area contributed by atoms with Gasteiger partial charge in [0.1, 0.15) is 79.0 Å². The third kappa shape index (κ3) is 6.57. The van der Waals surface area contributed by atoms with Crippen molar-refractivity contribution >= 4 is 10.8 Å². The van der Waals surface area contributed by atoms with E-state index in [4.69, 9.17) is 28.4 Å². The first-order valence-electron chi connectivity index (χ1n) is 14.1. The summed E-state index contributed by atoms with van der Waals surface area (Å²) in [6.07, 6.45) is -24.6. The van der Waals surface area contributed by atoms with Crippen LogP contribution < -0.4 is 4.74 Å². The Morgan fingerprint density at radius 2 is 0.977 bits per heavy atom. The van der Waals surface area contributed by atoms with Gasteiger partial charge in [-0.25, -0.2) is 0 Å². The zero-order valence-electron chi connectivity index (χ0n) is 23.2. The summed E-state index contributed by atoms with van der Waals surface area (Å²) >= 11 is 0. The van der Waals surface area contributed by atoms with Gasteiger partial charge >= 0.3 is 0 Å². The molecule has 2 aromatic rings. The molecule has 16 nitrogen and oxygen atoms in total. The lowest BCUT2D eigenvalue weighted by atomic mass is 9.96. The van der Waals surface area contributed by atoms with E-state index in [1.54, 1.807) is 18.2 Å². The van der Waals surface area contributed by atoms with Crippen LogP contribution in [0.3, 0.4) is 0 Å². The zero-order valence-corrected chi connectivity index (χ0v) is 23.2. The van der Waals surface area contributed by atoms with Crippen molar-refractivity contribution in [3.63, 3.8) is 0 Å². The molecule has 16 heteroatoms. The average molecular weight is 631 g/mol. The quantitative estimate of drug-likeness (QED) is 0.126. The Balaban J connectivity index is 1.25. The molecule has 10 N–H and O–H groups in total. The topological polar surface area (TPSA) is 258 Å². The average Bonchev–Trinajstić information content (AvgIpc) is 3.03. The van der Waals surface area contributed by atoms with E-state index in [1.165, 1.54) is 0 Å². The van der Waals surface area contributed by atoms with Crippen molar-refractivity contribution in [2.75, 3.05) is 19.8 Å². The Labute approximate surface area is 250 Å². The van der Waals surface area contributed by atoms with Crippen molar-refractivity contribution in [2.45, 2.75) is 92.1 Å². The maximum atomic E-state index is 10.9. The molecule has 3 aliphatic rings. The van der Waals surface area contributed by atoms with E-state index < -0.39 is 112 Å². The third-order valence-electron chi connectivity index (χ3n) is 8.05. The molecule has 246 valence electrons. The number of aliphatic hydroxyl groups excluding tert-OH is 10. The lowest BCUT2D eigenvalue weighted by molar-refractivity contribution is -0.376. The van der Waals surface area contributed by atoms with E-state index in [0.717, 1.165) is 10.8 Å². The minimum atomic E-state index is -1.91. The molecular weight excluding hydrogens is 592 g/mol. The minimum Gasteiger partial charge on any atom is -0.462 e. The highest BCUT2D eigenvalue weighted by Gasteiger charge is 2.53. The Bertz CT molecular complexity index is 1210. The number of fused-ring (bicyclic) bond motifs is 1. The fraction of sp³-hybridized carbons (Fsp3) is 0.643. The van der Waals surface area contributed by atoms with E-state index in [9.17, 15) is 51.1 Å². The van der Waals surface area contributed by atoms with E-state index in [-0.39, 0.29) is 0 Å². The smallest absolute Gasteiger partial charge is 0.229 e. The SMILES string of the molecule is OC[C@H]1O[C@H](O[C@H]2[C@H](O)[C@@H](O)[C@@H](O[C@H]3[C@H](O)[C@@H](O)[C@H](Oc4ccc5ccccc5c4)O[C@@H]3CO)O[C@@H]2CO)[C@H](O)[C@@H](O)[C@@H]1O. The molecule has 3 aliphatic heterocycles. The first-order chi connectivity index (χ1) is 21.1. The summed E-state index contributed by atoms with van der Waals surface area (Å²) in [7, 11) is 0. The van der Waals surface area contributed by atoms with Gasteiger partial charge in [-0.1, -0.05) is 30.3 Å². The summed E-state index contributed by atoms with van der Waals surface area (Å²) in [5.74, 6) is 0.321. The Morgan fingerprint density at radius 3 is 1.55 bits per heavy atom. The number of hydrogen-bond acceptors (Lipinski definition) is 16. The molecule has 0 saturated carbocycles. The van der Waals surface area contributed by atoms with Crippen LogP contribution in [0, 0.1) is 0 Å². The largest absolute Gasteiger partial charge is 0.462 e. The Hall–Kier alpha value is -2.10. The first kappa shape index (κ1) is 33.3. The molecule has 44 heavy (non-hydrogen) atoms. The van der Waals surface area contributed by atoms with Crippen molar-refractivity contribution in [2.24, 2.45) is 0 Å². The van der Waals surface area contributed by atoms with Crippen LogP contribution in [0.15, 0.2) is 42.5 Å². The maximum absolute atomic E-state index is 10.9. The predicted octanol–water partition coefficient (Wildman–Crippen LogP) is -4.33.